The van der Waals surface area contributed by atoms with Crippen LogP contribution in [0, 0.1) is 5.41 Å². The number of hydrogen-bond donors (Lipinski definition) is 2. The number of carbonyl (C=O) groups excluding carboxylic acids is 2. The minimum Gasteiger partial charge on any atom is -0.497 e. The van der Waals surface area contributed by atoms with E-state index in [1.54, 1.807) is 31.6 Å². The van der Waals surface area contributed by atoms with Crippen LogP contribution in [0.3, 0.4) is 0 Å². The lowest BCUT2D eigenvalue weighted by Crippen LogP contribution is -2.46. The number of likely N-dealkylation sites (tertiary alicyclic amines) is 2. The number of anilines is 1. The first-order valence-corrected chi connectivity index (χ1v) is 11.8. The van der Waals surface area contributed by atoms with Gasteiger partial charge in [0.15, 0.2) is 5.11 Å². The predicted octanol–water partition coefficient (Wildman–Crippen LogP) is 3.13. The molecule has 2 aromatic rings. The second-order valence-corrected chi connectivity index (χ2v) is 9.17. The number of nitrogens with zero attached hydrogens (tertiary/aromatic N) is 2. The van der Waals surface area contributed by atoms with Gasteiger partial charge in [0.1, 0.15) is 11.5 Å². The lowest BCUT2D eigenvalue weighted by atomic mass is 9.78. The summed E-state index contributed by atoms with van der Waals surface area (Å²) in [5, 5.41) is 6.67. The van der Waals surface area contributed by atoms with Crippen molar-refractivity contribution in [1.29, 1.82) is 0 Å². The highest BCUT2D eigenvalue weighted by Gasteiger charge is 2.42. The van der Waals surface area contributed by atoms with Crippen LogP contribution < -0.4 is 15.4 Å². The summed E-state index contributed by atoms with van der Waals surface area (Å²) >= 11 is 5.63. The Balaban J connectivity index is 1.21. The normalized spacial score (nSPS) is 17.2. The Morgan fingerprint density at radius 2 is 1.91 bits per heavy atom. The molecule has 4 rings (SSSR count). The Bertz CT molecular complexity index is 1040. The molecule has 2 fully saturated rings. The molecule has 3 heterocycles. The maximum absolute atomic E-state index is 12.7. The monoisotopic (exact) mass is 482 g/mol. The zero-order valence-corrected chi connectivity index (χ0v) is 20.1. The molecular weight excluding hydrogens is 452 g/mol. The molecule has 0 unspecified atom stereocenters. The number of furan rings is 1. The average Bonchev–Trinajstić information content (AvgIpc) is 3.52. The van der Waals surface area contributed by atoms with Crippen molar-refractivity contribution in [3.63, 3.8) is 0 Å². The number of nitrogens with one attached hydrogen (secondary N) is 2. The van der Waals surface area contributed by atoms with Gasteiger partial charge in [-0.05, 0) is 67.2 Å². The summed E-state index contributed by atoms with van der Waals surface area (Å²) in [6.07, 6.45) is 7.43. The molecule has 9 heteroatoms. The van der Waals surface area contributed by atoms with Gasteiger partial charge in [-0.1, -0.05) is 6.07 Å². The van der Waals surface area contributed by atoms with Crippen molar-refractivity contribution >= 4 is 40.9 Å². The number of piperidine rings is 1. The zero-order valence-electron chi connectivity index (χ0n) is 19.3. The Morgan fingerprint density at radius 3 is 2.62 bits per heavy atom. The standard InChI is InChI=1S/C25H30N4O4S/c1-32-21-5-2-4-19(16-21)27-24(34)28-12-9-25(10-13-28)11-14-29(18-25)23(31)17-26-22(30)8-7-20-6-3-15-33-20/h2-8,15-16H,9-14,17-18H2,1H3,(H,26,30)(H,27,34)/b8-7-. The van der Waals surface area contributed by atoms with Gasteiger partial charge in [0.25, 0.3) is 0 Å². The van der Waals surface area contributed by atoms with E-state index in [-0.39, 0.29) is 23.8 Å². The molecule has 0 radical (unpaired) electrons. The van der Waals surface area contributed by atoms with Crippen LogP contribution in [0.25, 0.3) is 6.08 Å². The molecule has 2 N–H and O–H groups in total. The number of ether oxygens (including phenoxy) is 1. The van der Waals surface area contributed by atoms with E-state index in [2.05, 4.69) is 15.5 Å². The van der Waals surface area contributed by atoms with Crippen molar-refractivity contribution < 1.29 is 18.7 Å². The molecule has 1 spiro atoms. The minimum atomic E-state index is -0.316. The van der Waals surface area contributed by atoms with Gasteiger partial charge < -0.3 is 29.6 Å². The maximum Gasteiger partial charge on any atom is 0.244 e. The summed E-state index contributed by atoms with van der Waals surface area (Å²) in [6.45, 7) is 3.16. The van der Waals surface area contributed by atoms with Gasteiger partial charge in [0.2, 0.25) is 11.8 Å². The van der Waals surface area contributed by atoms with Crippen LogP contribution in [-0.4, -0.2) is 66.6 Å². The van der Waals surface area contributed by atoms with Gasteiger partial charge in [0.05, 0.1) is 19.9 Å². The first-order valence-electron chi connectivity index (χ1n) is 11.4. The molecule has 2 aliphatic rings. The van der Waals surface area contributed by atoms with Crippen molar-refractivity contribution in [1.82, 2.24) is 15.1 Å². The molecule has 8 nitrogen and oxygen atoms in total. The summed E-state index contributed by atoms with van der Waals surface area (Å²) in [5.74, 6) is 1.01. The number of benzene rings is 1. The van der Waals surface area contributed by atoms with E-state index in [4.69, 9.17) is 21.4 Å². The predicted molar refractivity (Wildman–Crippen MR) is 134 cm³/mol. The first kappa shape index (κ1) is 23.8. The molecule has 2 amide bonds. The van der Waals surface area contributed by atoms with E-state index >= 15 is 0 Å². The van der Waals surface area contributed by atoms with Gasteiger partial charge in [-0.3, -0.25) is 9.59 Å². The van der Waals surface area contributed by atoms with Crippen LogP contribution in [-0.2, 0) is 9.59 Å². The lowest BCUT2D eigenvalue weighted by Gasteiger charge is -2.40. The van der Waals surface area contributed by atoms with Gasteiger partial charge >= 0.3 is 0 Å². The summed E-state index contributed by atoms with van der Waals surface area (Å²) < 4.78 is 10.4. The number of methoxy groups -OCH3 is 1. The fourth-order valence-electron chi connectivity index (χ4n) is 4.52. The number of thiocarbonyl (C=S) groups is 1. The van der Waals surface area contributed by atoms with Crippen LogP contribution in [0.4, 0.5) is 5.69 Å². The summed E-state index contributed by atoms with van der Waals surface area (Å²) in [6, 6.07) is 11.2. The highest BCUT2D eigenvalue weighted by atomic mass is 32.1. The Hall–Kier alpha value is -3.33. The van der Waals surface area contributed by atoms with Crippen LogP contribution >= 0.6 is 12.2 Å². The lowest BCUT2D eigenvalue weighted by molar-refractivity contribution is -0.131. The number of hydrogen-bond acceptors (Lipinski definition) is 5. The number of carbonyl (C=O) groups is 2. The van der Waals surface area contributed by atoms with Crippen LogP contribution in [0.1, 0.15) is 25.0 Å². The molecule has 0 bridgehead atoms. The van der Waals surface area contributed by atoms with Crippen molar-refractivity contribution in [2.45, 2.75) is 19.3 Å². The second-order valence-electron chi connectivity index (χ2n) is 8.78. The van der Waals surface area contributed by atoms with Gasteiger partial charge in [-0.15, -0.1) is 0 Å². The van der Waals surface area contributed by atoms with Gasteiger partial charge in [-0.25, -0.2) is 0 Å². The van der Waals surface area contributed by atoms with Gasteiger partial charge in [0, 0.05) is 44.0 Å². The van der Waals surface area contributed by atoms with E-state index in [1.165, 1.54) is 6.08 Å². The third-order valence-corrected chi connectivity index (χ3v) is 6.94. The summed E-state index contributed by atoms with van der Waals surface area (Å²) in [7, 11) is 1.64. The van der Waals surface area contributed by atoms with Crippen LogP contribution in [0.2, 0.25) is 0 Å². The average molecular weight is 483 g/mol. The summed E-state index contributed by atoms with van der Waals surface area (Å²) in [5.41, 5.74) is 1.03. The molecule has 0 atom stereocenters. The molecule has 34 heavy (non-hydrogen) atoms. The Morgan fingerprint density at radius 1 is 1.15 bits per heavy atom. The fraction of sp³-hybridized carbons (Fsp3) is 0.400. The van der Waals surface area contributed by atoms with E-state index < -0.39 is 0 Å². The fourth-order valence-corrected chi connectivity index (χ4v) is 4.82. The highest BCUT2D eigenvalue weighted by molar-refractivity contribution is 7.80. The Kier molecular flexibility index (Phi) is 7.52. The first-order chi connectivity index (χ1) is 16.5. The van der Waals surface area contributed by atoms with Crippen LogP contribution in [0.15, 0.2) is 53.2 Å². The second kappa shape index (κ2) is 10.7. The van der Waals surface area contributed by atoms with E-state index in [9.17, 15) is 9.59 Å². The molecule has 1 aromatic carbocycles. The van der Waals surface area contributed by atoms with Crippen molar-refractivity contribution in [3.8, 4) is 5.75 Å². The van der Waals surface area contributed by atoms with Crippen molar-refractivity contribution in [2.24, 2.45) is 5.41 Å². The largest absolute Gasteiger partial charge is 0.497 e. The van der Waals surface area contributed by atoms with Gasteiger partial charge in [-0.2, -0.15) is 0 Å². The third kappa shape index (κ3) is 5.96. The van der Waals surface area contributed by atoms with E-state index in [0.717, 1.165) is 56.9 Å². The SMILES string of the molecule is COc1cccc(NC(=S)N2CCC3(CCN(C(=O)CNC(=O)/C=C\c4ccco4)C3)CC2)c1. The third-order valence-electron chi connectivity index (χ3n) is 6.58. The maximum atomic E-state index is 12.7. The zero-order chi connectivity index (χ0) is 24.0. The molecular formula is C25H30N4O4S. The Labute approximate surface area is 204 Å². The smallest absolute Gasteiger partial charge is 0.244 e. The number of rotatable bonds is 6. The van der Waals surface area contributed by atoms with Crippen molar-refractivity contribution in [2.75, 3.05) is 45.2 Å². The molecule has 2 saturated heterocycles. The highest BCUT2D eigenvalue weighted by Crippen LogP contribution is 2.40. The van der Waals surface area contributed by atoms with Crippen LogP contribution in [0.5, 0.6) is 5.75 Å². The quantitative estimate of drug-likeness (QED) is 0.483. The molecule has 0 aliphatic carbocycles. The van der Waals surface area contributed by atoms with Crippen molar-refractivity contribution in [3.05, 3.63) is 54.5 Å². The molecule has 180 valence electrons. The van der Waals surface area contributed by atoms with E-state index in [0.29, 0.717) is 10.9 Å². The molecule has 0 saturated carbocycles. The molecule has 1 aromatic heterocycles. The minimum absolute atomic E-state index is 0.00191. The molecule has 2 aliphatic heterocycles. The topological polar surface area (TPSA) is 87.0 Å². The number of amides is 2. The van der Waals surface area contributed by atoms with E-state index in [1.807, 2.05) is 29.2 Å². The summed E-state index contributed by atoms with van der Waals surface area (Å²) in [4.78, 5) is 28.7.